The van der Waals surface area contributed by atoms with E-state index in [2.05, 4.69) is 14.9 Å². The topological polar surface area (TPSA) is 108 Å². The third-order valence-electron chi connectivity index (χ3n) is 6.88. The summed E-state index contributed by atoms with van der Waals surface area (Å²) in [6, 6.07) is 5.10. The number of likely N-dealkylation sites (N-methyl/N-ethyl adjacent to an activating group) is 1. The lowest BCUT2D eigenvalue weighted by Crippen LogP contribution is -2.51. The first kappa shape index (κ1) is 26.0. The van der Waals surface area contributed by atoms with E-state index >= 15 is 0 Å². The van der Waals surface area contributed by atoms with Crippen molar-refractivity contribution in [2.24, 2.45) is 5.92 Å². The number of aromatic nitrogens is 2. The van der Waals surface area contributed by atoms with Gasteiger partial charge in [0.2, 0.25) is 11.8 Å². The molecular formula is C26H35N5O5. The highest BCUT2D eigenvalue weighted by Gasteiger charge is 2.35. The van der Waals surface area contributed by atoms with E-state index in [1.54, 1.807) is 41.5 Å². The molecule has 2 amide bonds. The van der Waals surface area contributed by atoms with Crippen molar-refractivity contribution in [2.45, 2.75) is 26.0 Å². The predicted octanol–water partition coefficient (Wildman–Crippen LogP) is 1.15. The van der Waals surface area contributed by atoms with Crippen LogP contribution in [0.3, 0.4) is 0 Å². The van der Waals surface area contributed by atoms with Crippen molar-refractivity contribution in [1.82, 2.24) is 24.7 Å². The smallest absolute Gasteiger partial charge is 0.259 e. The van der Waals surface area contributed by atoms with Crippen molar-refractivity contribution in [3.8, 4) is 17.0 Å². The molecule has 0 spiro atoms. The Morgan fingerprint density at radius 2 is 1.97 bits per heavy atom. The number of morpholine rings is 1. The minimum absolute atomic E-state index is 0.00707. The van der Waals surface area contributed by atoms with E-state index < -0.39 is 0 Å². The molecule has 0 saturated carbocycles. The summed E-state index contributed by atoms with van der Waals surface area (Å²) in [6.07, 6.45) is 4.67. The molecule has 10 nitrogen and oxygen atoms in total. The van der Waals surface area contributed by atoms with Crippen LogP contribution in [0, 0.1) is 5.92 Å². The standard InChI is InChI=1S/C26H35N5O5/c1-18-14-31(19(2)17-32)26(34)22-12-21(20-4-6-27-7-5-20)13-28-25(22)36-23(18)15-29(3)24(33)16-30-8-10-35-11-9-30/h4-7,12-13,18-19,23,32H,8-11,14-17H2,1-3H3/t18-,19+,23-/m1/s1. The van der Waals surface area contributed by atoms with Crippen LogP contribution in [0.2, 0.25) is 0 Å². The quantitative estimate of drug-likeness (QED) is 0.607. The third-order valence-corrected chi connectivity index (χ3v) is 6.88. The number of nitrogens with zero attached hydrogens (tertiary/aromatic N) is 5. The van der Waals surface area contributed by atoms with Gasteiger partial charge in [-0.3, -0.25) is 19.5 Å². The molecular weight excluding hydrogens is 462 g/mol. The van der Waals surface area contributed by atoms with E-state index in [1.807, 2.05) is 26.0 Å². The number of rotatable bonds is 7. The Balaban J connectivity index is 1.59. The maximum absolute atomic E-state index is 13.6. The molecule has 10 heteroatoms. The van der Waals surface area contributed by atoms with Gasteiger partial charge in [0.05, 0.1) is 39.0 Å². The molecule has 2 aliphatic heterocycles. The van der Waals surface area contributed by atoms with Crippen LogP contribution >= 0.6 is 0 Å². The van der Waals surface area contributed by atoms with Crippen molar-refractivity contribution in [2.75, 3.05) is 59.6 Å². The van der Waals surface area contributed by atoms with E-state index in [-0.39, 0.29) is 42.4 Å². The van der Waals surface area contributed by atoms with Crippen LogP contribution in [-0.4, -0.2) is 113 Å². The molecule has 4 heterocycles. The van der Waals surface area contributed by atoms with Gasteiger partial charge in [-0.2, -0.15) is 0 Å². The number of ether oxygens (including phenoxy) is 2. The number of fused-ring (bicyclic) bond motifs is 1. The second-order valence-corrected chi connectivity index (χ2v) is 9.60. The molecule has 2 aromatic rings. The van der Waals surface area contributed by atoms with Gasteiger partial charge in [0, 0.05) is 56.8 Å². The van der Waals surface area contributed by atoms with Gasteiger partial charge in [0.15, 0.2) is 0 Å². The first-order valence-corrected chi connectivity index (χ1v) is 12.4. The summed E-state index contributed by atoms with van der Waals surface area (Å²) in [4.78, 5) is 40.5. The number of amides is 2. The number of aliphatic hydroxyl groups excluding tert-OH is 1. The minimum atomic E-state index is -0.386. The van der Waals surface area contributed by atoms with E-state index in [1.165, 1.54) is 0 Å². The fourth-order valence-electron chi connectivity index (χ4n) is 4.47. The maximum atomic E-state index is 13.6. The van der Waals surface area contributed by atoms with Gasteiger partial charge in [-0.25, -0.2) is 4.98 Å². The molecule has 3 atom stereocenters. The van der Waals surface area contributed by atoms with Crippen molar-refractivity contribution >= 4 is 11.8 Å². The molecule has 4 rings (SSSR count). The molecule has 2 aromatic heterocycles. The molecule has 0 radical (unpaired) electrons. The molecule has 1 fully saturated rings. The summed E-state index contributed by atoms with van der Waals surface area (Å²) in [5.74, 6) is -0.0976. The molecule has 1 saturated heterocycles. The van der Waals surface area contributed by atoms with Crippen molar-refractivity contribution in [3.05, 3.63) is 42.4 Å². The Hall–Kier alpha value is -3.08. The Morgan fingerprint density at radius 1 is 1.25 bits per heavy atom. The van der Waals surface area contributed by atoms with Crippen LogP contribution in [0.4, 0.5) is 0 Å². The van der Waals surface area contributed by atoms with Crippen LogP contribution in [0.1, 0.15) is 24.2 Å². The zero-order valence-corrected chi connectivity index (χ0v) is 21.2. The average molecular weight is 498 g/mol. The normalized spacial score (nSPS) is 21.7. The average Bonchev–Trinajstić information content (AvgIpc) is 2.91. The highest BCUT2D eigenvalue weighted by atomic mass is 16.5. The lowest BCUT2D eigenvalue weighted by atomic mass is 9.99. The zero-order valence-electron chi connectivity index (χ0n) is 21.2. The van der Waals surface area contributed by atoms with Gasteiger partial charge >= 0.3 is 0 Å². The summed E-state index contributed by atoms with van der Waals surface area (Å²) >= 11 is 0. The lowest BCUT2D eigenvalue weighted by Gasteiger charge is -2.38. The summed E-state index contributed by atoms with van der Waals surface area (Å²) in [5, 5.41) is 9.86. The van der Waals surface area contributed by atoms with Crippen LogP contribution in [-0.2, 0) is 9.53 Å². The monoisotopic (exact) mass is 497 g/mol. The fourth-order valence-corrected chi connectivity index (χ4v) is 4.47. The summed E-state index contributed by atoms with van der Waals surface area (Å²) in [6.45, 7) is 7.47. The van der Waals surface area contributed by atoms with Crippen molar-refractivity contribution in [3.63, 3.8) is 0 Å². The Morgan fingerprint density at radius 3 is 2.67 bits per heavy atom. The van der Waals surface area contributed by atoms with Gasteiger partial charge in [-0.15, -0.1) is 0 Å². The van der Waals surface area contributed by atoms with Gasteiger partial charge in [-0.05, 0) is 30.7 Å². The minimum Gasteiger partial charge on any atom is -0.472 e. The zero-order chi connectivity index (χ0) is 25.7. The lowest BCUT2D eigenvalue weighted by molar-refractivity contribution is -0.133. The van der Waals surface area contributed by atoms with Gasteiger partial charge in [-0.1, -0.05) is 6.92 Å². The first-order valence-electron chi connectivity index (χ1n) is 12.4. The largest absolute Gasteiger partial charge is 0.472 e. The van der Waals surface area contributed by atoms with E-state index in [0.717, 1.165) is 24.2 Å². The third kappa shape index (κ3) is 6.00. The van der Waals surface area contributed by atoms with Crippen molar-refractivity contribution in [1.29, 1.82) is 0 Å². The molecule has 36 heavy (non-hydrogen) atoms. The highest BCUT2D eigenvalue weighted by molar-refractivity contribution is 5.98. The summed E-state index contributed by atoms with van der Waals surface area (Å²) < 4.78 is 11.7. The van der Waals surface area contributed by atoms with E-state index in [9.17, 15) is 14.7 Å². The molecule has 0 bridgehead atoms. The van der Waals surface area contributed by atoms with Gasteiger partial charge < -0.3 is 24.4 Å². The number of carbonyl (C=O) groups is 2. The highest BCUT2D eigenvalue weighted by Crippen LogP contribution is 2.30. The molecule has 0 aromatic carbocycles. The van der Waals surface area contributed by atoms with Crippen LogP contribution in [0.5, 0.6) is 5.88 Å². The summed E-state index contributed by atoms with van der Waals surface area (Å²) in [7, 11) is 1.78. The van der Waals surface area contributed by atoms with Crippen LogP contribution < -0.4 is 4.74 Å². The van der Waals surface area contributed by atoms with Gasteiger partial charge in [0.25, 0.3) is 5.91 Å². The first-order chi connectivity index (χ1) is 17.4. The Kier molecular flexibility index (Phi) is 8.50. The van der Waals surface area contributed by atoms with Crippen LogP contribution in [0.15, 0.2) is 36.8 Å². The number of hydrogen-bond donors (Lipinski definition) is 1. The number of carbonyl (C=O) groups excluding carboxylic acids is 2. The number of pyridine rings is 2. The maximum Gasteiger partial charge on any atom is 0.259 e. The molecule has 0 unspecified atom stereocenters. The number of hydrogen-bond acceptors (Lipinski definition) is 8. The van der Waals surface area contributed by atoms with E-state index in [4.69, 9.17) is 9.47 Å². The molecule has 0 aliphatic carbocycles. The number of aliphatic hydroxyl groups is 1. The van der Waals surface area contributed by atoms with Gasteiger partial charge in [0.1, 0.15) is 11.7 Å². The Bertz CT molecular complexity index is 1050. The SMILES string of the molecule is C[C@@H]1CN([C@@H](C)CO)C(=O)c2cc(-c3ccncc3)cnc2O[C@@H]1CN(C)C(=O)CN1CCOCC1. The Labute approximate surface area is 211 Å². The fraction of sp³-hybridized carbons (Fsp3) is 0.538. The van der Waals surface area contributed by atoms with Crippen molar-refractivity contribution < 1.29 is 24.2 Å². The summed E-state index contributed by atoms with van der Waals surface area (Å²) in [5.41, 5.74) is 1.99. The molecule has 2 aliphatic rings. The second-order valence-electron chi connectivity index (χ2n) is 9.60. The molecule has 1 N–H and O–H groups in total. The molecule has 194 valence electrons. The second kappa shape index (κ2) is 11.8. The predicted molar refractivity (Wildman–Crippen MR) is 134 cm³/mol. The van der Waals surface area contributed by atoms with Crippen LogP contribution in [0.25, 0.3) is 11.1 Å². The van der Waals surface area contributed by atoms with E-state index in [0.29, 0.717) is 38.4 Å².